The predicted octanol–water partition coefficient (Wildman–Crippen LogP) is 2.65. The van der Waals surface area contributed by atoms with Crippen molar-refractivity contribution < 1.29 is 22.1 Å². The van der Waals surface area contributed by atoms with Gasteiger partial charge in [-0.15, -0.1) is 0 Å². The lowest BCUT2D eigenvalue weighted by molar-refractivity contribution is 0.00578. The van der Waals surface area contributed by atoms with Crippen LogP contribution < -0.4 is 10.2 Å². The Balaban J connectivity index is 1.58. The summed E-state index contributed by atoms with van der Waals surface area (Å²) in [7, 11) is -4.16. The summed E-state index contributed by atoms with van der Waals surface area (Å²) in [6, 6.07) is 12.7. The third-order valence-corrected chi connectivity index (χ3v) is 6.78. The van der Waals surface area contributed by atoms with Crippen LogP contribution in [0.2, 0.25) is 0 Å². The number of halogens is 1. The molecule has 2 aromatic rings. The fraction of sp³-hybridized carbons (Fsp3) is 0.400. The number of rotatable bonds is 6. The summed E-state index contributed by atoms with van der Waals surface area (Å²) in [6.07, 6.45) is 0.512. The Morgan fingerprint density at radius 3 is 2.18 bits per heavy atom. The SMILES string of the molecule is CC1(C)OB(c2ccc(CCNS(=O)(=O)c3cccc(F)c3)cc2)OC1(C)C. The Morgan fingerprint density at radius 1 is 1.00 bits per heavy atom. The van der Waals surface area contributed by atoms with E-state index in [0.717, 1.165) is 17.1 Å². The molecule has 3 rings (SSSR count). The molecule has 0 atom stereocenters. The van der Waals surface area contributed by atoms with E-state index in [-0.39, 0.29) is 11.4 Å². The maximum Gasteiger partial charge on any atom is 0.494 e. The molecule has 1 heterocycles. The van der Waals surface area contributed by atoms with Crippen LogP contribution in [0, 0.1) is 5.82 Å². The standard InChI is InChI=1S/C20H25BFNO4S/c1-19(2)20(3,4)27-21(26-19)16-10-8-15(9-11-16)12-13-23-28(24,25)18-7-5-6-17(22)14-18/h5-11,14,23H,12-13H2,1-4H3. The van der Waals surface area contributed by atoms with E-state index in [1.54, 1.807) is 0 Å². The summed E-state index contributed by atoms with van der Waals surface area (Å²) in [5.41, 5.74) is 1.10. The molecule has 1 N–H and O–H groups in total. The molecular formula is C20H25BFNO4S. The normalized spacial score (nSPS) is 18.4. The lowest BCUT2D eigenvalue weighted by atomic mass is 9.79. The minimum Gasteiger partial charge on any atom is -0.399 e. The van der Waals surface area contributed by atoms with Crippen molar-refractivity contribution in [1.29, 1.82) is 0 Å². The van der Waals surface area contributed by atoms with Crippen molar-refractivity contribution in [3.05, 3.63) is 59.9 Å². The highest BCUT2D eigenvalue weighted by molar-refractivity contribution is 7.89. The average Bonchev–Trinajstić information content (AvgIpc) is 2.83. The first kappa shape index (κ1) is 21.0. The number of nitrogens with one attached hydrogen (secondary N) is 1. The lowest BCUT2D eigenvalue weighted by Crippen LogP contribution is -2.41. The number of sulfonamides is 1. The molecule has 28 heavy (non-hydrogen) atoms. The van der Waals surface area contributed by atoms with Gasteiger partial charge in [0.25, 0.3) is 0 Å². The van der Waals surface area contributed by atoms with Crippen LogP contribution in [0.3, 0.4) is 0 Å². The Morgan fingerprint density at radius 2 is 1.61 bits per heavy atom. The van der Waals surface area contributed by atoms with Crippen molar-refractivity contribution in [2.75, 3.05) is 6.54 Å². The van der Waals surface area contributed by atoms with E-state index in [1.165, 1.54) is 18.2 Å². The highest BCUT2D eigenvalue weighted by Crippen LogP contribution is 2.36. The van der Waals surface area contributed by atoms with Crippen LogP contribution in [-0.4, -0.2) is 33.3 Å². The summed E-state index contributed by atoms with van der Waals surface area (Å²) < 4.78 is 52.2. The Kier molecular flexibility index (Phi) is 5.69. The van der Waals surface area contributed by atoms with E-state index in [1.807, 2.05) is 52.0 Å². The molecular weight excluding hydrogens is 380 g/mol. The molecule has 0 saturated carbocycles. The maximum atomic E-state index is 13.2. The molecule has 0 bridgehead atoms. The molecule has 0 radical (unpaired) electrons. The van der Waals surface area contributed by atoms with Crippen LogP contribution in [0.25, 0.3) is 0 Å². The van der Waals surface area contributed by atoms with Crippen molar-refractivity contribution in [2.24, 2.45) is 0 Å². The van der Waals surface area contributed by atoms with Crippen LogP contribution in [0.15, 0.2) is 53.4 Å². The number of benzene rings is 2. The number of hydrogen-bond acceptors (Lipinski definition) is 4. The maximum absolute atomic E-state index is 13.2. The zero-order chi connectivity index (χ0) is 20.6. The minimum atomic E-state index is -3.73. The Bertz CT molecular complexity index is 929. The Hall–Kier alpha value is -1.74. The zero-order valence-corrected chi connectivity index (χ0v) is 17.3. The summed E-state index contributed by atoms with van der Waals surface area (Å²) in [6.45, 7) is 8.24. The molecule has 0 spiro atoms. The molecule has 150 valence electrons. The third-order valence-electron chi connectivity index (χ3n) is 5.32. The smallest absolute Gasteiger partial charge is 0.399 e. The lowest BCUT2D eigenvalue weighted by Gasteiger charge is -2.32. The molecule has 5 nitrogen and oxygen atoms in total. The largest absolute Gasteiger partial charge is 0.494 e. The fourth-order valence-corrected chi connectivity index (χ4v) is 3.93. The van der Waals surface area contributed by atoms with Gasteiger partial charge in [-0.1, -0.05) is 30.3 Å². The third kappa shape index (κ3) is 4.46. The second kappa shape index (κ2) is 7.59. The van der Waals surface area contributed by atoms with Gasteiger partial charge >= 0.3 is 7.12 Å². The van der Waals surface area contributed by atoms with Gasteiger partial charge < -0.3 is 9.31 Å². The van der Waals surface area contributed by atoms with Gasteiger partial charge in [0.2, 0.25) is 10.0 Å². The highest BCUT2D eigenvalue weighted by Gasteiger charge is 2.51. The van der Waals surface area contributed by atoms with E-state index < -0.39 is 34.2 Å². The number of hydrogen-bond donors (Lipinski definition) is 1. The van der Waals surface area contributed by atoms with Gasteiger partial charge in [-0.25, -0.2) is 17.5 Å². The first-order chi connectivity index (χ1) is 13.0. The predicted molar refractivity (Wildman–Crippen MR) is 107 cm³/mol. The summed E-state index contributed by atoms with van der Waals surface area (Å²) in [4.78, 5) is -0.0800. The Labute approximate surface area is 166 Å². The van der Waals surface area contributed by atoms with E-state index in [9.17, 15) is 12.8 Å². The van der Waals surface area contributed by atoms with Crippen molar-refractivity contribution in [2.45, 2.75) is 50.2 Å². The molecule has 1 aliphatic rings. The highest BCUT2D eigenvalue weighted by atomic mass is 32.2. The molecule has 1 fully saturated rings. The van der Waals surface area contributed by atoms with Crippen LogP contribution in [0.4, 0.5) is 4.39 Å². The summed E-state index contributed by atoms with van der Waals surface area (Å²) in [5, 5.41) is 0. The molecule has 8 heteroatoms. The molecule has 0 amide bonds. The molecule has 0 aromatic heterocycles. The van der Waals surface area contributed by atoms with Gasteiger partial charge in [0.05, 0.1) is 16.1 Å². The van der Waals surface area contributed by atoms with Gasteiger partial charge in [0.15, 0.2) is 0 Å². The van der Waals surface area contributed by atoms with Crippen molar-refractivity contribution in [1.82, 2.24) is 4.72 Å². The fourth-order valence-electron chi connectivity index (χ4n) is 2.87. The first-order valence-corrected chi connectivity index (χ1v) is 10.7. The zero-order valence-electron chi connectivity index (χ0n) is 16.5. The van der Waals surface area contributed by atoms with Crippen molar-refractivity contribution in [3.8, 4) is 0 Å². The molecule has 0 aliphatic carbocycles. The van der Waals surface area contributed by atoms with Crippen LogP contribution in [-0.2, 0) is 25.8 Å². The molecule has 1 saturated heterocycles. The average molecular weight is 405 g/mol. The van der Waals surface area contributed by atoms with Gasteiger partial charge in [-0.05, 0) is 63.3 Å². The van der Waals surface area contributed by atoms with Crippen molar-refractivity contribution in [3.63, 3.8) is 0 Å². The van der Waals surface area contributed by atoms with Gasteiger partial charge in [0.1, 0.15) is 5.82 Å². The quantitative estimate of drug-likeness (QED) is 0.751. The van der Waals surface area contributed by atoms with E-state index in [4.69, 9.17) is 9.31 Å². The van der Waals surface area contributed by atoms with Crippen LogP contribution in [0.1, 0.15) is 33.3 Å². The second-order valence-electron chi connectivity index (χ2n) is 7.93. The molecule has 2 aromatic carbocycles. The van der Waals surface area contributed by atoms with Crippen molar-refractivity contribution >= 4 is 22.6 Å². The van der Waals surface area contributed by atoms with Crippen LogP contribution >= 0.6 is 0 Å². The minimum absolute atomic E-state index is 0.0800. The van der Waals surface area contributed by atoms with E-state index >= 15 is 0 Å². The second-order valence-corrected chi connectivity index (χ2v) is 9.70. The first-order valence-electron chi connectivity index (χ1n) is 9.20. The monoisotopic (exact) mass is 405 g/mol. The van der Waals surface area contributed by atoms with Gasteiger partial charge in [0, 0.05) is 6.54 Å². The topological polar surface area (TPSA) is 64.6 Å². The molecule has 1 aliphatic heterocycles. The van der Waals surface area contributed by atoms with Gasteiger partial charge in [-0.2, -0.15) is 0 Å². The van der Waals surface area contributed by atoms with E-state index in [0.29, 0.717) is 6.42 Å². The van der Waals surface area contributed by atoms with E-state index in [2.05, 4.69) is 4.72 Å². The summed E-state index contributed by atoms with van der Waals surface area (Å²) in [5.74, 6) is -0.582. The molecule has 0 unspecified atom stereocenters. The van der Waals surface area contributed by atoms with Gasteiger partial charge in [-0.3, -0.25) is 0 Å². The summed E-state index contributed by atoms with van der Waals surface area (Å²) >= 11 is 0. The van der Waals surface area contributed by atoms with Crippen LogP contribution in [0.5, 0.6) is 0 Å².